The molecule has 1 fully saturated rings. The fourth-order valence-corrected chi connectivity index (χ4v) is 3.61. The predicted octanol–water partition coefficient (Wildman–Crippen LogP) is 4.73. The van der Waals surface area contributed by atoms with Gasteiger partial charge in [0.05, 0.1) is 0 Å². The van der Waals surface area contributed by atoms with Gasteiger partial charge in [-0.25, -0.2) is 4.98 Å². The number of nitrogens with two attached hydrogens (primary N) is 1. The fourth-order valence-electron chi connectivity index (χ4n) is 3.44. The number of carbonyl (C=O) groups is 1. The van der Waals surface area contributed by atoms with E-state index in [1.807, 2.05) is 41.3 Å². The molecule has 1 amide bonds. The summed E-state index contributed by atoms with van der Waals surface area (Å²) in [6.07, 6.45) is 1.63. The van der Waals surface area contributed by atoms with Crippen molar-refractivity contribution >= 4 is 53.4 Å². The maximum absolute atomic E-state index is 12.7. The van der Waals surface area contributed by atoms with E-state index in [1.54, 1.807) is 12.1 Å². The van der Waals surface area contributed by atoms with Gasteiger partial charge in [0.2, 0.25) is 5.91 Å². The molecule has 1 aromatic heterocycles. The highest BCUT2D eigenvalue weighted by Gasteiger charge is 2.29. The Bertz CT molecular complexity index is 925. The summed E-state index contributed by atoms with van der Waals surface area (Å²) in [4.78, 5) is 19.1. The summed E-state index contributed by atoms with van der Waals surface area (Å²) < 4.78 is 5.88. The average Bonchev–Trinajstić information content (AvgIpc) is 3.11. The van der Waals surface area contributed by atoms with E-state index in [2.05, 4.69) is 4.98 Å². The maximum atomic E-state index is 12.7. The van der Waals surface area contributed by atoms with Gasteiger partial charge in [-0.15, -0.1) is 24.8 Å². The van der Waals surface area contributed by atoms with Crippen molar-refractivity contribution in [3.8, 4) is 0 Å². The van der Waals surface area contributed by atoms with E-state index >= 15 is 0 Å². The molecule has 1 aliphatic rings. The van der Waals surface area contributed by atoms with Crippen LogP contribution in [0, 0.1) is 0 Å². The molecule has 1 aliphatic heterocycles. The third kappa shape index (κ3) is 4.61. The van der Waals surface area contributed by atoms with Gasteiger partial charge in [0, 0.05) is 24.0 Å². The van der Waals surface area contributed by atoms with E-state index in [0.717, 1.165) is 35.4 Å². The highest BCUT2D eigenvalue weighted by atomic mass is 35.5. The summed E-state index contributed by atoms with van der Waals surface area (Å²) >= 11 is 6.01. The third-order valence-corrected chi connectivity index (χ3v) is 5.18. The molecule has 0 bridgehead atoms. The van der Waals surface area contributed by atoms with Crippen LogP contribution in [0.2, 0.25) is 5.02 Å². The lowest BCUT2D eigenvalue weighted by molar-refractivity contribution is -0.133. The van der Waals surface area contributed by atoms with Crippen molar-refractivity contribution in [1.82, 2.24) is 9.88 Å². The second-order valence-electron chi connectivity index (χ2n) is 6.65. The molecule has 0 radical (unpaired) electrons. The molecular weight excluding hydrogens is 421 g/mol. The second-order valence-corrected chi connectivity index (χ2v) is 7.09. The number of hydrogen-bond acceptors (Lipinski definition) is 4. The van der Waals surface area contributed by atoms with Crippen LogP contribution in [-0.2, 0) is 4.79 Å². The lowest BCUT2D eigenvalue weighted by Gasteiger charge is -2.32. The number of carbonyl (C=O) groups excluding carboxylic acids is 1. The number of rotatable bonds is 3. The zero-order valence-corrected chi connectivity index (χ0v) is 17.5. The van der Waals surface area contributed by atoms with E-state index in [-0.39, 0.29) is 36.6 Å². The maximum Gasteiger partial charge on any atom is 0.244 e. The van der Waals surface area contributed by atoms with E-state index in [1.165, 1.54) is 0 Å². The molecular formula is C20H22Cl3N3O2. The first kappa shape index (κ1) is 22.5. The molecule has 4 rings (SSSR count). The van der Waals surface area contributed by atoms with Gasteiger partial charge in [0.25, 0.3) is 0 Å². The highest BCUT2D eigenvalue weighted by molar-refractivity contribution is 6.31. The normalized spacial score (nSPS) is 15.6. The topological polar surface area (TPSA) is 72.4 Å². The predicted molar refractivity (Wildman–Crippen MR) is 115 cm³/mol. The molecule has 2 N–H and O–H groups in total. The summed E-state index contributed by atoms with van der Waals surface area (Å²) in [7, 11) is 0. The first-order valence-electron chi connectivity index (χ1n) is 8.77. The smallest absolute Gasteiger partial charge is 0.244 e. The van der Waals surface area contributed by atoms with E-state index in [0.29, 0.717) is 18.1 Å². The van der Waals surface area contributed by atoms with E-state index in [9.17, 15) is 4.79 Å². The number of nitrogens with zero attached hydrogens (tertiary/aromatic N) is 2. The average molecular weight is 443 g/mol. The van der Waals surface area contributed by atoms with Crippen molar-refractivity contribution in [2.24, 2.45) is 5.73 Å². The molecule has 1 atom stereocenters. The van der Waals surface area contributed by atoms with Gasteiger partial charge < -0.3 is 15.1 Å². The van der Waals surface area contributed by atoms with Gasteiger partial charge in [-0.3, -0.25) is 4.79 Å². The minimum Gasteiger partial charge on any atom is -0.440 e. The van der Waals surface area contributed by atoms with Crippen molar-refractivity contribution in [1.29, 1.82) is 0 Å². The minimum absolute atomic E-state index is 0. The monoisotopic (exact) mass is 441 g/mol. The van der Waals surface area contributed by atoms with Crippen LogP contribution < -0.4 is 5.73 Å². The molecule has 2 heterocycles. The molecule has 5 nitrogen and oxygen atoms in total. The summed E-state index contributed by atoms with van der Waals surface area (Å²) in [6.45, 7) is 1.31. The fraction of sp³-hybridized carbons (Fsp3) is 0.300. The zero-order chi connectivity index (χ0) is 18.1. The van der Waals surface area contributed by atoms with E-state index < -0.39 is 6.04 Å². The van der Waals surface area contributed by atoms with Crippen LogP contribution in [-0.4, -0.2) is 28.9 Å². The molecule has 8 heteroatoms. The van der Waals surface area contributed by atoms with Gasteiger partial charge in [0.1, 0.15) is 11.6 Å². The van der Waals surface area contributed by atoms with Gasteiger partial charge >= 0.3 is 0 Å². The van der Waals surface area contributed by atoms with Crippen molar-refractivity contribution in [2.45, 2.75) is 24.8 Å². The standard InChI is InChI=1S/C20H20ClN3O2.2ClH/c21-15-6-7-17-16(12-15)23-19(26-17)14-8-10-24(11-9-14)20(25)18(22)13-4-2-1-3-5-13;;/h1-7,12,14,18H,8-11,22H2;2*1H. The van der Waals surface area contributed by atoms with Crippen LogP contribution in [0.5, 0.6) is 0 Å². The van der Waals surface area contributed by atoms with Crippen LogP contribution in [0.3, 0.4) is 0 Å². The highest BCUT2D eigenvalue weighted by Crippen LogP contribution is 2.31. The molecule has 150 valence electrons. The lowest BCUT2D eigenvalue weighted by atomic mass is 9.95. The van der Waals surface area contributed by atoms with Gasteiger partial charge in [-0.05, 0) is 36.6 Å². The number of likely N-dealkylation sites (tertiary alicyclic amines) is 1. The summed E-state index contributed by atoms with van der Waals surface area (Å²) in [5, 5.41) is 0.646. The van der Waals surface area contributed by atoms with Gasteiger partial charge in [-0.2, -0.15) is 0 Å². The summed E-state index contributed by atoms with van der Waals surface area (Å²) in [5.74, 6) is 0.902. The Balaban J connectivity index is 0.00000140. The molecule has 0 saturated carbocycles. The molecule has 2 aromatic carbocycles. The van der Waals surface area contributed by atoms with Gasteiger partial charge in [-0.1, -0.05) is 41.9 Å². The second kappa shape index (κ2) is 9.61. The SMILES string of the molecule is Cl.Cl.NC(C(=O)N1CCC(c2nc3cc(Cl)ccc3o2)CC1)c1ccccc1. The number of fused-ring (bicyclic) bond motifs is 1. The van der Waals surface area contributed by atoms with Crippen LogP contribution in [0.4, 0.5) is 0 Å². The van der Waals surface area contributed by atoms with Crippen LogP contribution >= 0.6 is 36.4 Å². The number of piperidine rings is 1. The quantitative estimate of drug-likeness (QED) is 0.636. The molecule has 3 aromatic rings. The Morgan fingerprint density at radius 2 is 1.82 bits per heavy atom. The molecule has 28 heavy (non-hydrogen) atoms. The Morgan fingerprint density at radius 1 is 1.14 bits per heavy atom. The minimum atomic E-state index is -0.612. The number of hydrogen-bond donors (Lipinski definition) is 1. The van der Waals surface area contributed by atoms with Crippen molar-refractivity contribution in [3.05, 3.63) is 65.0 Å². The van der Waals surface area contributed by atoms with Crippen molar-refractivity contribution < 1.29 is 9.21 Å². The number of aromatic nitrogens is 1. The first-order valence-corrected chi connectivity index (χ1v) is 9.15. The Morgan fingerprint density at radius 3 is 2.50 bits per heavy atom. The third-order valence-electron chi connectivity index (χ3n) is 4.95. The van der Waals surface area contributed by atoms with Crippen molar-refractivity contribution in [2.75, 3.05) is 13.1 Å². The van der Waals surface area contributed by atoms with Crippen molar-refractivity contribution in [3.63, 3.8) is 0 Å². The van der Waals surface area contributed by atoms with E-state index in [4.69, 9.17) is 21.8 Å². The Kier molecular flexibility index (Phi) is 7.72. The van der Waals surface area contributed by atoms with Gasteiger partial charge in [0.15, 0.2) is 11.5 Å². The Hall–Kier alpha value is -1.79. The first-order chi connectivity index (χ1) is 12.6. The molecule has 0 spiro atoms. The lowest BCUT2D eigenvalue weighted by Crippen LogP contribution is -2.43. The molecule has 1 saturated heterocycles. The molecule has 1 unspecified atom stereocenters. The number of amides is 1. The molecule has 0 aliphatic carbocycles. The van der Waals surface area contributed by atoms with Crippen LogP contribution in [0.15, 0.2) is 52.9 Å². The summed E-state index contributed by atoms with van der Waals surface area (Å²) in [5.41, 5.74) is 8.51. The number of benzene rings is 2. The zero-order valence-electron chi connectivity index (χ0n) is 15.1. The largest absolute Gasteiger partial charge is 0.440 e. The van der Waals surface area contributed by atoms with Crippen LogP contribution in [0.25, 0.3) is 11.1 Å². The van der Waals surface area contributed by atoms with Crippen LogP contribution in [0.1, 0.15) is 36.3 Å². The summed E-state index contributed by atoms with van der Waals surface area (Å²) in [6, 6.07) is 14.3. The number of oxazole rings is 1. The number of halogens is 3. The Labute approximate surface area is 181 Å².